The maximum atomic E-state index is 5.36. The fourth-order valence-electron chi connectivity index (χ4n) is 14.0. The highest BCUT2D eigenvalue weighted by Crippen LogP contribution is 2.42. The summed E-state index contributed by atoms with van der Waals surface area (Å²) in [7, 11) is 0. The number of epoxide rings is 1. The van der Waals surface area contributed by atoms with Crippen LogP contribution >= 0.6 is 0 Å². The van der Waals surface area contributed by atoms with Gasteiger partial charge in [0.25, 0.3) is 0 Å². The molecule has 7 saturated carbocycles. The zero-order valence-corrected chi connectivity index (χ0v) is 37.8. The average Bonchev–Trinajstić information content (AvgIpc) is 4.11. The molecule has 8 aliphatic rings. The maximum absolute atomic E-state index is 5.36. The van der Waals surface area contributed by atoms with E-state index in [0.717, 1.165) is 84.0 Å². The summed E-state index contributed by atoms with van der Waals surface area (Å²) >= 11 is 0. The second kappa shape index (κ2) is 22.3. The molecular formula is C55H90N2O. The number of nitrogens with zero attached hydrogens (tertiary/aromatic N) is 1. The van der Waals surface area contributed by atoms with Crippen LogP contribution in [0.15, 0.2) is 48.6 Å². The minimum absolute atomic E-state index is 0.445. The van der Waals surface area contributed by atoms with Crippen molar-refractivity contribution in [1.82, 2.24) is 10.2 Å². The zero-order valence-electron chi connectivity index (χ0n) is 37.8. The van der Waals surface area contributed by atoms with Gasteiger partial charge in [-0.25, -0.2) is 0 Å². The lowest BCUT2D eigenvalue weighted by atomic mass is 9.70. The van der Waals surface area contributed by atoms with Crippen LogP contribution in [0.1, 0.15) is 200 Å². The van der Waals surface area contributed by atoms with Crippen LogP contribution in [0.2, 0.25) is 0 Å². The quantitative estimate of drug-likeness (QED) is 0.140. The highest BCUT2D eigenvalue weighted by Gasteiger charge is 2.37. The van der Waals surface area contributed by atoms with E-state index in [2.05, 4.69) is 72.7 Å². The second-order valence-electron chi connectivity index (χ2n) is 22.2. The summed E-state index contributed by atoms with van der Waals surface area (Å²) in [5.41, 5.74) is 0. The van der Waals surface area contributed by atoms with E-state index in [1.165, 1.54) is 186 Å². The molecule has 58 heavy (non-hydrogen) atoms. The first-order chi connectivity index (χ1) is 28.5. The third kappa shape index (κ3) is 13.2. The summed E-state index contributed by atoms with van der Waals surface area (Å²) in [5, 5.41) is 4.20. The largest absolute Gasteiger partial charge is 0.369 e. The van der Waals surface area contributed by atoms with Gasteiger partial charge in [0, 0.05) is 30.2 Å². The molecular weight excluding hydrogens is 705 g/mol. The predicted octanol–water partition coefficient (Wildman–Crippen LogP) is 14.3. The molecule has 1 atom stereocenters. The Kier molecular flexibility index (Phi) is 16.7. The first-order valence-corrected chi connectivity index (χ1v) is 26.4. The fourth-order valence-corrected chi connectivity index (χ4v) is 14.0. The molecule has 1 N–H and O–H groups in total. The first kappa shape index (κ1) is 43.5. The predicted molar refractivity (Wildman–Crippen MR) is 247 cm³/mol. The van der Waals surface area contributed by atoms with Crippen molar-refractivity contribution < 1.29 is 4.74 Å². The molecule has 0 aromatic heterocycles. The molecule has 1 heterocycles. The molecule has 8 fully saturated rings. The van der Waals surface area contributed by atoms with E-state index < -0.39 is 0 Å². The fraction of sp³-hybridized carbons (Fsp3) is 0.855. The van der Waals surface area contributed by atoms with Crippen molar-refractivity contribution in [1.29, 1.82) is 0 Å². The minimum atomic E-state index is 0.445. The molecule has 0 aromatic rings. The molecule has 0 amide bonds. The van der Waals surface area contributed by atoms with Crippen LogP contribution in [0.4, 0.5) is 0 Å². The molecule has 0 radical (unpaired) electrons. The molecule has 0 aromatic carbocycles. The highest BCUT2D eigenvalue weighted by molar-refractivity contribution is 5.04. The van der Waals surface area contributed by atoms with Gasteiger partial charge >= 0.3 is 0 Å². The summed E-state index contributed by atoms with van der Waals surface area (Å²) < 4.78 is 5.36. The van der Waals surface area contributed by atoms with Crippen molar-refractivity contribution in [3.63, 3.8) is 0 Å². The van der Waals surface area contributed by atoms with Gasteiger partial charge < -0.3 is 10.1 Å². The summed E-state index contributed by atoms with van der Waals surface area (Å²) in [5.74, 6) is 7.89. The van der Waals surface area contributed by atoms with Crippen LogP contribution in [0.25, 0.3) is 0 Å². The Morgan fingerprint density at radius 1 is 0.379 bits per heavy atom. The molecule has 1 saturated heterocycles. The van der Waals surface area contributed by atoms with Gasteiger partial charge in [0.05, 0.1) is 12.7 Å². The lowest BCUT2D eigenvalue weighted by Gasteiger charge is -2.47. The van der Waals surface area contributed by atoms with Gasteiger partial charge in [-0.2, -0.15) is 0 Å². The van der Waals surface area contributed by atoms with Crippen molar-refractivity contribution in [2.75, 3.05) is 6.61 Å². The molecule has 7 aliphatic carbocycles. The topological polar surface area (TPSA) is 27.8 Å². The van der Waals surface area contributed by atoms with Crippen LogP contribution in [0, 0.1) is 53.3 Å². The lowest BCUT2D eigenvalue weighted by molar-refractivity contribution is 0.0286. The zero-order chi connectivity index (χ0) is 39.5. The van der Waals surface area contributed by atoms with Crippen LogP contribution in [-0.2, 0) is 4.74 Å². The molecule has 3 nitrogen and oxygen atoms in total. The Bertz CT molecular complexity index is 1270. The number of hydrogen-bond donors (Lipinski definition) is 1. The molecule has 8 rings (SSSR count). The van der Waals surface area contributed by atoms with Crippen LogP contribution in [0.3, 0.4) is 0 Å². The van der Waals surface area contributed by atoms with Crippen molar-refractivity contribution in [2.24, 2.45) is 53.3 Å². The molecule has 3 heteroatoms. The Morgan fingerprint density at radius 3 is 1.09 bits per heavy atom. The highest BCUT2D eigenvalue weighted by atomic mass is 16.6. The van der Waals surface area contributed by atoms with Crippen molar-refractivity contribution in [3.05, 3.63) is 48.6 Å². The summed E-state index contributed by atoms with van der Waals surface area (Å²) in [6, 6.07) is 3.91. The van der Waals surface area contributed by atoms with Gasteiger partial charge in [0.2, 0.25) is 0 Å². The van der Waals surface area contributed by atoms with E-state index >= 15 is 0 Å². The van der Waals surface area contributed by atoms with E-state index in [4.69, 9.17) is 4.74 Å². The van der Waals surface area contributed by atoms with Crippen LogP contribution < -0.4 is 5.32 Å². The van der Waals surface area contributed by atoms with Gasteiger partial charge in [0.15, 0.2) is 0 Å². The van der Waals surface area contributed by atoms with Crippen molar-refractivity contribution >= 4 is 0 Å². The van der Waals surface area contributed by atoms with Crippen molar-refractivity contribution in [2.45, 2.75) is 236 Å². The van der Waals surface area contributed by atoms with E-state index in [0.29, 0.717) is 12.1 Å². The number of allylic oxidation sites excluding steroid dienone is 7. The van der Waals surface area contributed by atoms with Gasteiger partial charge in [-0.3, -0.25) is 4.90 Å². The van der Waals surface area contributed by atoms with E-state index in [1.807, 2.05) is 0 Å². The number of nitrogens with one attached hydrogen (secondary N) is 1. The third-order valence-corrected chi connectivity index (χ3v) is 17.8. The summed E-state index contributed by atoms with van der Waals surface area (Å²) in [6.07, 6.45) is 62.6. The molecule has 1 unspecified atom stereocenters. The van der Waals surface area contributed by atoms with Gasteiger partial charge in [-0.05, 0) is 234 Å². The smallest absolute Gasteiger partial charge is 0.0991 e. The molecule has 326 valence electrons. The number of ether oxygens (including phenoxy) is 1. The van der Waals surface area contributed by atoms with E-state index in [-0.39, 0.29) is 0 Å². The maximum Gasteiger partial charge on any atom is 0.0991 e. The SMILES string of the molecule is CC(C)N(C1CCC(/C=C/C2CCC(/C=C/C3CCCCC3)CC2)CC1)C1CCC(C2CCC(NC3CCC(/C=C/C4CCC(/C=C/C5CO5)CC4)CC3)CC2)CC1. The number of rotatable bonds is 14. The Morgan fingerprint density at radius 2 is 0.690 bits per heavy atom. The Balaban J connectivity index is 0.678. The monoisotopic (exact) mass is 795 g/mol. The Hall–Kier alpha value is -1.16. The van der Waals surface area contributed by atoms with Crippen molar-refractivity contribution in [3.8, 4) is 0 Å². The lowest BCUT2D eigenvalue weighted by Crippen LogP contribution is -2.50. The second-order valence-corrected chi connectivity index (χ2v) is 22.2. The number of hydrogen-bond acceptors (Lipinski definition) is 3. The third-order valence-electron chi connectivity index (χ3n) is 17.8. The van der Waals surface area contributed by atoms with Gasteiger partial charge in [-0.15, -0.1) is 0 Å². The average molecular weight is 795 g/mol. The normalized spacial score (nSPS) is 41.4. The standard InChI is InChI=1S/C55H90N2O/c1-41(2)57(53-35-24-48(25-36-53)21-17-44-12-10-43(11-13-44)9-8-42-6-4-3-5-7-42)54-37-29-50(30-38-54)49-27-33-52(34-28-49)56-51-31-22-47(23-32-51)20-16-45-14-18-46(19-15-45)26-39-55-40-58-55/h8-9,16-17,20-21,26,39,41-56H,3-7,10-15,18-19,22-25,27-38,40H2,1-2H3/b9-8+,20-16+,21-17+,39-26+. The van der Waals surface area contributed by atoms with Gasteiger partial charge in [-0.1, -0.05) is 67.9 Å². The van der Waals surface area contributed by atoms with E-state index in [9.17, 15) is 0 Å². The van der Waals surface area contributed by atoms with Crippen LogP contribution in [-0.4, -0.2) is 47.8 Å². The molecule has 1 aliphatic heterocycles. The van der Waals surface area contributed by atoms with Crippen LogP contribution in [0.5, 0.6) is 0 Å². The summed E-state index contributed by atoms with van der Waals surface area (Å²) in [6.45, 7) is 5.96. The first-order valence-electron chi connectivity index (χ1n) is 26.4. The van der Waals surface area contributed by atoms with Gasteiger partial charge in [0.1, 0.15) is 0 Å². The summed E-state index contributed by atoms with van der Waals surface area (Å²) in [4.78, 5) is 3.04. The minimum Gasteiger partial charge on any atom is -0.369 e. The molecule has 0 spiro atoms. The Labute approximate surface area is 358 Å². The van der Waals surface area contributed by atoms with E-state index in [1.54, 1.807) is 0 Å². The molecule has 0 bridgehead atoms.